The Kier molecular flexibility index (Phi) is 5.92. The van der Waals surface area contributed by atoms with E-state index in [0.29, 0.717) is 6.04 Å². The minimum Gasteiger partial charge on any atom is -0.479 e. The second-order valence-electron chi connectivity index (χ2n) is 4.89. The van der Waals surface area contributed by atoms with Crippen LogP contribution in [0.3, 0.4) is 0 Å². The summed E-state index contributed by atoms with van der Waals surface area (Å²) in [7, 11) is 2.20. The van der Waals surface area contributed by atoms with Crippen LogP contribution >= 0.6 is 0 Å². The molecule has 106 valence electrons. The zero-order valence-corrected chi connectivity index (χ0v) is 11.7. The molecule has 1 fully saturated rings. The average molecular weight is 266 g/mol. The fourth-order valence-electron chi connectivity index (χ4n) is 2.13. The number of aromatic nitrogens is 1. The number of likely N-dealkylation sites (tertiary alicyclic amines) is 1. The second-order valence-corrected chi connectivity index (χ2v) is 4.89. The van der Waals surface area contributed by atoms with Crippen LogP contribution in [-0.4, -0.2) is 45.8 Å². The fourth-order valence-corrected chi connectivity index (χ4v) is 2.13. The average Bonchev–Trinajstić information content (AvgIpc) is 2.77. The minimum absolute atomic E-state index is 0.605. The Morgan fingerprint density at radius 2 is 2.21 bits per heavy atom. The molecule has 5 heteroatoms. The molecule has 1 aromatic rings. The summed E-state index contributed by atoms with van der Waals surface area (Å²) in [4.78, 5) is 16.1. The summed E-state index contributed by atoms with van der Waals surface area (Å²) in [6.07, 6.45) is 5.25. The molecule has 2 heterocycles. The molecule has 0 bridgehead atoms. The molecule has 1 aromatic heterocycles. The molecule has 2 atom stereocenters. The van der Waals surface area contributed by atoms with Gasteiger partial charge in [0.2, 0.25) is 0 Å². The summed E-state index contributed by atoms with van der Waals surface area (Å²) in [5, 5.41) is 15.8. The molecular formula is C14H22N2O3. The normalized spacial score (nSPS) is 20.5. The van der Waals surface area contributed by atoms with Gasteiger partial charge in [-0.25, -0.2) is 4.79 Å². The van der Waals surface area contributed by atoms with E-state index in [9.17, 15) is 4.79 Å². The number of rotatable bonds is 2. The van der Waals surface area contributed by atoms with E-state index >= 15 is 0 Å². The largest absolute Gasteiger partial charge is 0.479 e. The first-order chi connectivity index (χ1) is 8.93. The van der Waals surface area contributed by atoms with Crippen LogP contribution in [0.2, 0.25) is 0 Å². The molecule has 1 unspecified atom stereocenters. The smallest absolute Gasteiger partial charge is 0.332 e. The van der Waals surface area contributed by atoms with E-state index in [1.807, 2.05) is 12.4 Å². The van der Waals surface area contributed by atoms with E-state index in [4.69, 9.17) is 10.2 Å². The van der Waals surface area contributed by atoms with E-state index in [-0.39, 0.29) is 0 Å². The van der Waals surface area contributed by atoms with Crippen LogP contribution < -0.4 is 0 Å². The van der Waals surface area contributed by atoms with Crippen LogP contribution in [0.25, 0.3) is 0 Å². The van der Waals surface area contributed by atoms with Gasteiger partial charge in [-0.05, 0) is 57.5 Å². The first-order valence-electron chi connectivity index (χ1n) is 6.45. The highest BCUT2D eigenvalue weighted by molar-refractivity contribution is 5.71. The maximum atomic E-state index is 9.45. The van der Waals surface area contributed by atoms with Crippen molar-refractivity contribution in [2.45, 2.75) is 38.8 Å². The number of aliphatic hydroxyl groups is 1. The van der Waals surface area contributed by atoms with Crippen molar-refractivity contribution in [2.24, 2.45) is 0 Å². The van der Waals surface area contributed by atoms with Gasteiger partial charge in [0.25, 0.3) is 0 Å². The molecule has 0 spiro atoms. The third-order valence-electron chi connectivity index (χ3n) is 3.32. The zero-order chi connectivity index (χ0) is 14.4. The number of carboxylic acid groups (broad SMARTS) is 1. The molecule has 2 rings (SSSR count). The lowest BCUT2D eigenvalue weighted by atomic mass is 10.0. The number of hydrogen-bond donors (Lipinski definition) is 2. The number of aryl methyl sites for hydroxylation is 1. The highest BCUT2D eigenvalue weighted by Gasteiger charge is 2.23. The molecule has 1 aliphatic rings. The zero-order valence-electron chi connectivity index (χ0n) is 11.7. The molecule has 1 aliphatic heterocycles. The molecular weight excluding hydrogens is 244 g/mol. The van der Waals surface area contributed by atoms with Crippen LogP contribution in [-0.2, 0) is 4.79 Å². The van der Waals surface area contributed by atoms with Crippen molar-refractivity contribution in [1.82, 2.24) is 9.88 Å². The Bertz CT molecular complexity index is 421. The van der Waals surface area contributed by atoms with Gasteiger partial charge in [-0.15, -0.1) is 0 Å². The van der Waals surface area contributed by atoms with E-state index in [0.717, 1.165) is 0 Å². The van der Waals surface area contributed by atoms with Crippen molar-refractivity contribution in [3.05, 3.63) is 29.6 Å². The summed E-state index contributed by atoms with van der Waals surface area (Å²) in [5.41, 5.74) is 2.77. The van der Waals surface area contributed by atoms with Crippen molar-refractivity contribution in [2.75, 3.05) is 13.6 Å². The van der Waals surface area contributed by atoms with Gasteiger partial charge in [-0.1, -0.05) is 0 Å². The third-order valence-corrected chi connectivity index (χ3v) is 3.32. The maximum Gasteiger partial charge on any atom is 0.332 e. The van der Waals surface area contributed by atoms with Gasteiger partial charge in [0, 0.05) is 18.4 Å². The Morgan fingerprint density at radius 3 is 2.63 bits per heavy atom. The van der Waals surface area contributed by atoms with Crippen LogP contribution in [0, 0.1) is 6.92 Å². The van der Waals surface area contributed by atoms with Gasteiger partial charge < -0.3 is 10.2 Å². The van der Waals surface area contributed by atoms with Gasteiger partial charge in [0.15, 0.2) is 0 Å². The van der Waals surface area contributed by atoms with Gasteiger partial charge in [-0.2, -0.15) is 0 Å². The second kappa shape index (κ2) is 7.21. The molecule has 0 amide bonds. The van der Waals surface area contributed by atoms with Crippen LogP contribution in [0.1, 0.15) is 36.9 Å². The van der Waals surface area contributed by atoms with E-state index in [2.05, 4.69) is 29.9 Å². The Balaban J connectivity index is 0.000000258. The standard InChI is InChI=1S/C11H16N2.C3H6O3/c1-9-5-6-12-8-10(9)11-4-3-7-13(11)2;1-2(4)3(5)6/h5-6,8,11H,3-4,7H2,1-2H3;2,4H,1H3,(H,5,6)/t11-;/m0./s1. The van der Waals surface area contributed by atoms with E-state index in [1.54, 1.807) is 0 Å². The molecule has 19 heavy (non-hydrogen) atoms. The summed E-state index contributed by atoms with van der Waals surface area (Å²) in [5.74, 6) is -1.19. The molecule has 0 aliphatic carbocycles. The van der Waals surface area contributed by atoms with Crippen molar-refractivity contribution < 1.29 is 15.0 Å². The number of carbonyl (C=O) groups is 1. The van der Waals surface area contributed by atoms with Gasteiger partial charge >= 0.3 is 5.97 Å². The van der Waals surface area contributed by atoms with Gasteiger partial charge in [-0.3, -0.25) is 9.88 Å². The number of pyridine rings is 1. The molecule has 2 N–H and O–H groups in total. The minimum atomic E-state index is -1.23. The van der Waals surface area contributed by atoms with Crippen LogP contribution in [0.4, 0.5) is 0 Å². The number of nitrogens with zero attached hydrogens (tertiary/aromatic N) is 2. The summed E-state index contributed by atoms with van der Waals surface area (Å²) in [6.45, 7) is 4.59. The topological polar surface area (TPSA) is 73.7 Å². The Labute approximate surface area is 113 Å². The lowest BCUT2D eigenvalue weighted by Crippen LogP contribution is -2.18. The SMILES string of the molecule is CC(O)C(=O)O.Cc1ccncc1[C@@H]1CCCN1C. The van der Waals surface area contributed by atoms with Gasteiger partial charge in [0.05, 0.1) is 0 Å². The monoisotopic (exact) mass is 266 g/mol. The summed E-state index contributed by atoms with van der Waals surface area (Å²) >= 11 is 0. The van der Waals surface area contributed by atoms with Crippen molar-refractivity contribution in [3.63, 3.8) is 0 Å². The Hall–Kier alpha value is -1.46. The molecule has 1 saturated heterocycles. The highest BCUT2D eigenvalue weighted by atomic mass is 16.4. The fraction of sp³-hybridized carbons (Fsp3) is 0.571. The van der Waals surface area contributed by atoms with E-state index in [1.165, 1.54) is 37.4 Å². The van der Waals surface area contributed by atoms with Crippen molar-refractivity contribution in [3.8, 4) is 0 Å². The summed E-state index contributed by atoms with van der Waals surface area (Å²) in [6, 6.07) is 2.70. The lowest BCUT2D eigenvalue weighted by molar-refractivity contribution is -0.145. The number of hydrogen-bond acceptors (Lipinski definition) is 4. The number of aliphatic hydroxyl groups excluding tert-OH is 1. The maximum absolute atomic E-state index is 9.45. The molecule has 5 nitrogen and oxygen atoms in total. The van der Waals surface area contributed by atoms with Gasteiger partial charge in [0.1, 0.15) is 6.10 Å². The number of carboxylic acids is 1. The summed E-state index contributed by atoms with van der Waals surface area (Å²) < 4.78 is 0. The van der Waals surface area contributed by atoms with Crippen LogP contribution in [0.15, 0.2) is 18.5 Å². The third kappa shape index (κ3) is 4.61. The van der Waals surface area contributed by atoms with Crippen molar-refractivity contribution in [1.29, 1.82) is 0 Å². The lowest BCUT2D eigenvalue weighted by Gasteiger charge is -2.20. The van der Waals surface area contributed by atoms with Crippen LogP contribution in [0.5, 0.6) is 0 Å². The highest BCUT2D eigenvalue weighted by Crippen LogP contribution is 2.31. The predicted molar refractivity (Wildman–Crippen MR) is 72.9 cm³/mol. The molecule has 0 saturated carbocycles. The molecule has 0 aromatic carbocycles. The Morgan fingerprint density at radius 1 is 1.58 bits per heavy atom. The molecule has 0 radical (unpaired) electrons. The first-order valence-corrected chi connectivity index (χ1v) is 6.45. The predicted octanol–water partition coefficient (Wildman–Crippen LogP) is 1.61. The quantitative estimate of drug-likeness (QED) is 0.850. The van der Waals surface area contributed by atoms with E-state index < -0.39 is 12.1 Å². The van der Waals surface area contributed by atoms with Crippen molar-refractivity contribution >= 4 is 5.97 Å². The first kappa shape index (κ1) is 15.6. The number of aliphatic carboxylic acids is 1.